The molecule has 4 heteroatoms. The number of hydrogen-bond donors (Lipinski definition) is 1. The Kier molecular flexibility index (Phi) is 2.87. The van der Waals surface area contributed by atoms with Crippen molar-refractivity contribution in [3.05, 3.63) is 0 Å². The van der Waals surface area contributed by atoms with Crippen LogP contribution in [-0.2, 0) is 4.79 Å². The summed E-state index contributed by atoms with van der Waals surface area (Å²) in [6.45, 7) is 6.42. The molecule has 0 aromatic rings. The van der Waals surface area contributed by atoms with Crippen LogP contribution in [0.15, 0.2) is 0 Å². The molecule has 1 aliphatic carbocycles. The van der Waals surface area contributed by atoms with Gasteiger partial charge in [-0.1, -0.05) is 6.42 Å². The third-order valence-electron chi connectivity index (χ3n) is 4.51. The predicted octanol–water partition coefficient (Wildman–Crippen LogP) is 0.783. The Bertz CT molecular complexity index is 308. The molecule has 0 aromatic carbocycles. The van der Waals surface area contributed by atoms with Crippen LogP contribution >= 0.6 is 0 Å². The smallest absolute Gasteiger partial charge is 0.244 e. The molecule has 0 bridgehead atoms. The molecule has 96 valence electrons. The number of nitrogens with one attached hydrogen (secondary N) is 1. The van der Waals surface area contributed by atoms with E-state index in [2.05, 4.69) is 17.1 Å². The SMILES string of the molecule is CC(CN1CCCCC1)N1CNC2(CC2)C1=O. The summed E-state index contributed by atoms with van der Waals surface area (Å²) in [4.78, 5) is 16.8. The van der Waals surface area contributed by atoms with Crippen molar-refractivity contribution < 1.29 is 4.79 Å². The molecule has 3 aliphatic rings. The van der Waals surface area contributed by atoms with Crippen LogP contribution in [0, 0.1) is 0 Å². The van der Waals surface area contributed by atoms with Gasteiger partial charge in [0.25, 0.3) is 0 Å². The van der Waals surface area contributed by atoms with Gasteiger partial charge in [0.1, 0.15) is 0 Å². The second-order valence-corrected chi connectivity index (χ2v) is 5.90. The Morgan fingerprint density at radius 3 is 2.59 bits per heavy atom. The first kappa shape index (κ1) is 11.5. The minimum atomic E-state index is -0.129. The van der Waals surface area contributed by atoms with Crippen molar-refractivity contribution in [2.45, 2.75) is 50.6 Å². The topological polar surface area (TPSA) is 35.6 Å². The summed E-state index contributed by atoms with van der Waals surface area (Å²) in [6.07, 6.45) is 6.10. The third kappa shape index (κ3) is 2.08. The lowest BCUT2D eigenvalue weighted by Crippen LogP contribution is -2.45. The molecule has 1 unspecified atom stereocenters. The lowest BCUT2D eigenvalue weighted by molar-refractivity contribution is -0.131. The average molecular weight is 237 g/mol. The Labute approximate surface area is 103 Å². The number of rotatable bonds is 3. The van der Waals surface area contributed by atoms with E-state index in [1.165, 1.54) is 32.4 Å². The maximum atomic E-state index is 12.2. The average Bonchev–Trinajstić information content (AvgIpc) is 3.04. The molecule has 4 nitrogen and oxygen atoms in total. The van der Waals surface area contributed by atoms with E-state index < -0.39 is 0 Å². The second kappa shape index (κ2) is 4.25. The Morgan fingerprint density at radius 2 is 2.00 bits per heavy atom. The summed E-state index contributed by atoms with van der Waals surface area (Å²) in [5.74, 6) is 0.349. The highest BCUT2D eigenvalue weighted by Crippen LogP contribution is 2.40. The Hall–Kier alpha value is -0.610. The van der Waals surface area contributed by atoms with Gasteiger partial charge in [-0.2, -0.15) is 0 Å². The molecule has 2 aliphatic heterocycles. The summed E-state index contributed by atoms with van der Waals surface area (Å²) in [5, 5.41) is 3.38. The summed E-state index contributed by atoms with van der Waals surface area (Å²) >= 11 is 0. The lowest BCUT2D eigenvalue weighted by atomic mass is 10.1. The molecule has 2 heterocycles. The number of carbonyl (C=O) groups is 1. The molecule has 2 saturated heterocycles. The van der Waals surface area contributed by atoms with Gasteiger partial charge in [0.2, 0.25) is 5.91 Å². The van der Waals surface area contributed by atoms with Gasteiger partial charge in [-0.25, -0.2) is 0 Å². The standard InChI is InChI=1S/C13H23N3O/c1-11(9-15-7-3-2-4-8-15)16-10-14-13(5-6-13)12(16)17/h11,14H,2-10H2,1H3. The number of amides is 1. The maximum absolute atomic E-state index is 12.2. The molecule has 17 heavy (non-hydrogen) atoms. The van der Waals surface area contributed by atoms with Crippen molar-refractivity contribution in [2.24, 2.45) is 0 Å². The van der Waals surface area contributed by atoms with Crippen LogP contribution in [0.2, 0.25) is 0 Å². The highest BCUT2D eigenvalue weighted by molar-refractivity contribution is 5.91. The first-order valence-corrected chi connectivity index (χ1v) is 7.00. The van der Waals surface area contributed by atoms with Gasteiger partial charge in [-0.05, 0) is 45.7 Å². The van der Waals surface area contributed by atoms with Gasteiger partial charge < -0.3 is 9.80 Å². The molecule has 3 fully saturated rings. The minimum absolute atomic E-state index is 0.129. The number of hydrogen-bond acceptors (Lipinski definition) is 3. The number of nitrogens with zero attached hydrogens (tertiary/aromatic N) is 2. The maximum Gasteiger partial charge on any atom is 0.244 e. The lowest BCUT2D eigenvalue weighted by Gasteiger charge is -2.32. The molecule has 1 atom stereocenters. The highest BCUT2D eigenvalue weighted by Gasteiger charge is 2.56. The van der Waals surface area contributed by atoms with E-state index in [0.29, 0.717) is 11.9 Å². The second-order valence-electron chi connectivity index (χ2n) is 5.90. The quantitative estimate of drug-likeness (QED) is 0.788. The summed E-state index contributed by atoms with van der Waals surface area (Å²) < 4.78 is 0. The largest absolute Gasteiger partial charge is 0.324 e. The van der Waals surface area contributed by atoms with Crippen LogP contribution in [0.3, 0.4) is 0 Å². The molecule has 1 saturated carbocycles. The molecule has 0 aromatic heterocycles. The van der Waals surface area contributed by atoms with Crippen LogP contribution < -0.4 is 5.32 Å². The van der Waals surface area contributed by atoms with Gasteiger partial charge in [0.05, 0.1) is 12.2 Å². The van der Waals surface area contributed by atoms with Gasteiger partial charge in [0.15, 0.2) is 0 Å². The molecule has 0 radical (unpaired) electrons. The van der Waals surface area contributed by atoms with Crippen molar-refractivity contribution in [2.75, 3.05) is 26.3 Å². The predicted molar refractivity (Wildman–Crippen MR) is 66.6 cm³/mol. The van der Waals surface area contributed by atoms with E-state index in [1.54, 1.807) is 0 Å². The zero-order valence-corrected chi connectivity index (χ0v) is 10.7. The van der Waals surface area contributed by atoms with Crippen molar-refractivity contribution in [3.63, 3.8) is 0 Å². The summed E-state index contributed by atoms with van der Waals surface area (Å²) in [5.41, 5.74) is -0.129. The first-order chi connectivity index (χ1) is 8.21. The fourth-order valence-corrected chi connectivity index (χ4v) is 3.14. The van der Waals surface area contributed by atoms with Gasteiger partial charge >= 0.3 is 0 Å². The van der Waals surface area contributed by atoms with Crippen molar-refractivity contribution >= 4 is 5.91 Å². The van der Waals surface area contributed by atoms with Crippen molar-refractivity contribution in [1.82, 2.24) is 15.1 Å². The van der Waals surface area contributed by atoms with Crippen LogP contribution in [0.1, 0.15) is 39.0 Å². The van der Waals surface area contributed by atoms with Gasteiger partial charge in [-0.15, -0.1) is 0 Å². The van der Waals surface area contributed by atoms with E-state index in [-0.39, 0.29) is 5.54 Å². The molecule has 1 amide bonds. The van der Waals surface area contributed by atoms with Crippen molar-refractivity contribution in [3.8, 4) is 0 Å². The van der Waals surface area contributed by atoms with E-state index in [1.807, 2.05) is 4.90 Å². The van der Waals surface area contributed by atoms with Crippen LogP contribution in [-0.4, -0.2) is 53.6 Å². The molecule has 1 N–H and O–H groups in total. The third-order valence-corrected chi connectivity index (χ3v) is 4.51. The zero-order chi connectivity index (χ0) is 11.9. The molecular formula is C13H23N3O. The van der Waals surface area contributed by atoms with Crippen molar-refractivity contribution in [1.29, 1.82) is 0 Å². The fourth-order valence-electron chi connectivity index (χ4n) is 3.14. The molecule has 3 rings (SSSR count). The summed E-state index contributed by atoms with van der Waals surface area (Å²) in [7, 11) is 0. The van der Waals surface area contributed by atoms with E-state index in [4.69, 9.17) is 0 Å². The number of piperidine rings is 1. The number of carbonyl (C=O) groups excluding carboxylic acids is 1. The van der Waals surface area contributed by atoms with Crippen LogP contribution in [0.4, 0.5) is 0 Å². The molecular weight excluding hydrogens is 214 g/mol. The van der Waals surface area contributed by atoms with E-state index >= 15 is 0 Å². The fraction of sp³-hybridized carbons (Fsp3) is 0.923. The summed E-state index contributed by atoms with van der Waals surface area (Å²) in [6, 6.07) is 0.355. The highest BCUT2D eigenvalue weighted by atomic mass is 16.2. The monoisotopic (exact) mass is 237 g/mol. The normalized spacial score (nSPS) is 29.9. The number of likely N-dealkylation sites (tertiary alicyclic amines) is 1. The van der Waals surface area contributed by atoms with Crippen LogP contribution in [0.25, 0.3) is 0 Å². The minimum Gasteiger partial charge on any atom is -0.324 e. The molecule has 1 spiro atoms. The van der Waals surface area contributed by atoms with E-state index in [0.717, 1.165) is 26.1 Å². The Balaban J connectivity index is 1.55. The zero-order valence-electron chi connectivity index (χ0n) is 10.7. The van der Waals surface area contributed by atoms with E-state index in [9.17, 15) is 4.79 Å². The van der Waals surface area contributed by atoms with Crippen LogP contribution in [0.5, 0.6) is 0 Å². The first-order valence-electron chi connectivity index (χ1n) is 7.00. The van der Waals surface area contributed by atoms with Gasteiger partial charge in [0, 0.05) is 12.6 Å². The van der Waals surface area contributed by atoms with Gasteiger partial charge in [-0.3, -0.25) is 10.1 Å². The Morgan fingerprint density at radius 1 is 1.29 bits per heavy atom.